The average Bonchev–Trinajstić information content (AvgIpc) is 3.22. The normalized spacial score (nSPS) is 15.3. The first kappa shape index (κ1) is 23.7. The fraction of sp³-hybridized carbons (Fsp3) is 0.455. The van der Waals surface area contributed by atoms with Crippen molar-refractivity contribution in [2.75, 3.05) is 32.4 Å². The van der Waals surface area contributed by atoms with Gasteiger partial charge in [0, 0.05) is 44.0 Å². The van der Waals surface area contributed by atoms with Crippen molar-refractivity contribution in [2.45, 2.75) is 37.6 Å². The molecule has 1 aliphatic heterocycles. The standard InChI is InChI=1S/C22H28N6O3S2/c1-16-19(17(2)28-21(23-16)24-22(25-28)32-3)9-10-20(29)26-11-13-27(14-12-26)33(30,31)15-18-7-5-4-6-8-18/h4-8H,9-15H2,1-3H3. The zero-order valence-electron chi connectivity index (χ0n) is 19.1. The number of sulfonamides is 1. The van der Waals surface area contributed by atoms with Crippen LogP contribution in [0.2, 0.25) is 0 Å². The molecule has 0 N–H and O–H groups in total. The molecule has 1 aliphatic rings. The van der Waals surface area contributed by atoms with E-state index in [1.807, 2.05) is 50.4 Å². The Balaban J connectivity index is 1.35. The van der Waals surface area contributed by atoms with Crippen LogP contribution in [0.1, 0.15) is 28.9 Å². The quantitative estimate of drug-likeness (QED) is 0.469. The highest BCUT2D eigenvalue weighted by molar-refractivity contribution is 7.98. The molecule has 3 heterocycles. The highest BCUT2D eigenvalue weighted by Gasteiger charge is 2.29. The number of nitrogens with zero attached hydrogens (tertiary/aromatic N) is 6. The number of piperazine rings is 1. The summed E-state index contributed by atoms with van der Waals surface area (Å²) in [5.74, 6) is 0.575. The summed E-state index contributed by atoms with van der Waals surface area (Å²) in [6, 6.07) is 9.17. The van der Waals surface area contributed by atoms with Crippen LogP contribution in [0.5, 0.6) is 0 Å². The lowest BCUT2D eigenvalue weighted by atomic mass is 10.1. The molecule has 2 aromatic heterocycles. The lowest BCUT2D eigenvalue weighted by Crippen LogP contribution is -2.50. The van der Waals surface area contributed by atoms with E-state index in [4.69, 9.17) is 0 Å². The zero-order chi connectivity index (χ0) is 23.6. The first-order chi connectivity index (χ1) is 15.8. The van der Waals surface area contributed by atoms with E-state index in [0.29, 0.717) is 50.0 Å². The van der Waals surface area contributed by atoms with Crippen LogP contribution >= 0.6 is 11.8 Å². The fourth-order valence-electron chi connectivity index (χ4n) is 4.12. The number of hydrogen-bond acceptors (Lipinski definition) is 7. The zero-order valence-corrected chi connectivity index (χ0v) is 20.7. The van der Waals surface area contributed by atoms with E-state index in [0.717, 1.165) is 22.5 Å². The van der Waals surface area contributed by atoms with Crippen LogP contribution in [0.3, 0.4) is 0 Å². The molecule has 0 bridgehead atoms. The highest BCUT2D eigenvalue weighted by atomic mass is 32.2. The molecule has 11 heteroatoms. The molecule has 9 nitrogen and oxygen atoms in total. The number of aryl methyl sites for hydroxylation is 2. The number of aromatic nitrogens is 4. The van der Waals surface area contributed by atoms with Crippen molar-refractivity contribution < 1.29 is 13.2 Å². The topological polar surface area (TPSA) is 101 Å². The number of benzene rings is 1. The molecule has 1 amide bonds. The number of fused-ring (bicyclic) bond motifs is 1. The second-order valence-electron chi connectivity index (χ2n) is 8.09. The molecule has 0 saturated carbocycles. The van der Waals surface area contributed by atoms with Crippen LogP contribution < -0.4 is 0 Å². The van der Waals surface area contributed by atoms with Gasteiger partial charge >= 0.3 is 0 Å². The molecule has 1 saturated heterocycles. The molecule has 176 valence electrons. The fourth-order valence-corrected chi connectivity index (χ4v) is 5.97. The Labute approximate surface area is 198 Å². The third kappa shape index (κ3) is 5.20. The van der Waals surface area contributed by atoms with E-state index in [9.17, 15) is 13.2 Å². The monoisotopic (exact) mass is 488 g/mol. The van der Waals surface area contributed by atoms with Crippen LogP contribution in [-0.2, 0) is 27.0 Å². The largest absolute Gasteiger partial charge is 0.340 e. The molecule has 0 spiro atoms. The van der Waals surface area contributed by atoms with E-state index >= 15 is 0 Å². The molecule has 0 aliphatic carbocycles. The minimum atomic E-state index is -3.40. The van der Waals surface area contributed by atoms with E-state index in [1.165, 1.54) is 16.1 Å². The summed E-state index contributed by atoms with van der Waals surface area (Å²) in [5, 5.41) is 5.12. The number of carbonyl (C=O) groups is 1. The molecule has 33 heavy (non-hydrogen) atoms. The minimum Gasteiger partial charge on any atom is -0.340 e. The molecule has 0 unspecified atom stereocenters. The van der Waals surface area contributed by atoms with Crippen molar-refractivity contribution in [3.63, 3.8) is 0 Å². The number of carbonyl (C=O) groups excluding carboxylic acids is 1. The van der Waals surface area contributed by atoms with Crippen LogP contribution in [-0.4, -0.2) is 75.5 Å². The summed E-state index contributed by atoms with van der Waals surface area (Å²) in [6.45, 7) is 5.35. The Morgan fingerprint density at radius 3 is 2.42 bits per heavy atom. The smallest absolute Gasteiger partial charge is 0.253 e. The van der Waals surface area contributed by atoms with Crippen molar-refractivity contribution in [1.29, 1.82) is 0 Å². The highest BCUT2D eigenvalue weighted by Crippen LogP contribution is 2.19. The van der Waals surface area contributed by atoms with Gasteiger partial charge in [0.1, 0.15) is 0 Å². The molecule has 4 rings (SSSR count). The Hall–Kier alpha value is -2.50. The molecular weight excluding hydrogens is 460 g/mol. The molecule has 3 aromatic rings. The third-order valence-corrected chi connectivity index (χ3v) is 8.37. The van der Waals surface area contributed by atoms with E-state index in [2.05, 4.69) is 15.1 Å². The van der Waals surface area contributed by atoms with Crippen LogP contribution in [0.4, 0.5) is 0 Å². The predicted octanol–water partition coefficient (Wildman–Crippen LogP) is 2.07. The summed E-state index contributed by atoms with van der Waals surface area (Å²) in [6.07, 6.45) is 2.82. The SMILES string of the molecule is CSc1nc2nc(C)c(CCC(=O)N3CCN(S(=O)(=O)Cc4ccccc4)CC3)c(C)n2n1. The first-order valence-electron chi connectivity index (χ1n) is 10.8. The summed E-state index contributed by atoms with van der Waals surface area (Å²) in [5.41, 5.74) is 3.56. The minimum absolute atomic E-state index is 0.0175. The second-order valence-corrected chi connectivity index (χ2v) is 10.8. The van der Waals surface area contributed by atoms with Crippen LogP contribution in [0, 0.1) is 13.8 Å². The van der Waals surface area contributed by atoms with Gasteiger partial charge in [-0.05, 0) is 37.7 Å². The Morgan fingerprint density at radius 2 is 1.76 bits per heavy atom. The molecule has 1 aromatic carbocycles. The number of amides is 1. The van der Waals surface area contributed by atoms with Crippen molar-refractivity contribution in [3.8, 4) is 0 Å². The van der Waals surface area contributed by atoms with Gasteiger partial charge in [-0.15, -0.1) is 5.10 Å². The van der Waals surface area contributed by atoms with Gasteiger partial charge in [0.25, 0.3) is 5.78 Å². The van der Waals surface area contributed by atoms with Gasteiger partial charge in [0.05, 0.1) is 5.75 Å². The van der Waals surface area contributed by atoms with Gasteiger partial charge < -0.3 is 4.90 Å². The summed E-state index contributed by atoms with van der Waals surface area (Å²) < 4.78 is 28.7. The maximum atomic E-state index is 12.9. The van der Waals surface area contributed by atoms with Gasteiger partial charge in [-0.25, -0.2) is 17.9 Å². The van der Waals surface area contributed by atoms with Gasteiger partial charge in [-0.2, -0.15) is 9.29 Å². The summed E-state index contributed by atoms with van der Waals surface area (Å²) >= 11 is 1.46. The number of rotatable bonds is 7. The number of hydrogen-bond donors (Lipinski definition) is 0. The average molecular weight is 489 g/mol. The van der Waals surface area contributed by atoms with Gasteiger partial charge in [0.2, 0.25) is 21.1 Å². The second kappa shape index (κ2) is 9.78. The first-order valence-corrected chi connectivity index (χ1v) is 13.7. The van der Waals surface area contributed by atoms with Crippen molar-refractivity contribution >= 4 is 33.5 Å². The molecule has 0 radical (unpaired) electrons. The Bertz CT molecular complexity index is 1250. The van der Waals surface area contributed by atoms with E-state index < -0.39 is 10.0 Å². The van der Waals surface area contributed by atoms with Crippen LogP contribution in [0.15, 0.2) is 35.5 Å². The molecular formula is C22H28N6O3S2. The predicted molar refractivity (Wildman–Crippen MR) is 128 cm³/mol. The van der Waals surface area contributed by atoms with E-state index in [1.54, 1.807) is 9.42 Å². The number of thioether (sulfide) groups is 1. The maximum Gasteiger partial charge on any atom is 0.253 e. The van der Waals surface area contributed by atoms with Crippen molar-refractivity contribution in [3.05, 3.63) is 52.8 Å². The summed E-state index contributed by atoms with van der Waals surface area (Å²) in [4.78, 5) is 23.5. The van der Waals surface area contributed by atoms with Gasteiger partial charge in [-0.1, -0.05) is 42.1 Å². The van der Waals surface area contributed by atoms with E-state index in [-0.39, 0.29) is 11.7 Å². The molecule has 1 fully saturated rings. The molecule has 0 atom stereocenters. The van der Waals surface area contributed by atoms with Crippen molar-refractivity contribution in [1.82, 2.24) is 28.8 Å². The summed E-state index contributed by atoms with van der Waals surface area (Å²) in [7, 11) is -3.40. The van der Waals surface area contributed by atoms with Gasteiger partial charge in [-0.3, -0.25) is 4.79 Å². The Kier molecular flexibility index (Phi) is 7.01. The maximum absolute atomic E-state index is 12.9. The van der Waals surface area contributed by atoms with Crippen LogP contribution in [0.25, 0.3) is 5.78 Å². The lowest BCUT2D eigenvalue weighted by Gasteiger charge is -2.34. The third-order valence-electron chi connectivity index (χ3n) is 5.98. The Morgan fingerprint density at radius 1 is 1.06 bits per heavy atom. The van der Waals surface area contributed by atoms with Gasteiger partial charge in [0.15, 0.2) is 0 Å². The lowest BCUT2D eigenvalue weighted by molar-refractivity contribution is -0.132. The van der Waals surface area contributed by atoms with Crippen molar-refractivity contribution in [2.24, 2.45) is 0 Å².